The summed E-state index contributed by atoms with van der Waals surface area (Å²) >= 11 is 3.23. The first-order valence-electron chi connectivity index (χ1n) is 12.4. The number of benzene rings is 1. The molecule has 4 rings (SSSR count). The first-order valence-corrected chi connectivity index (χ1v) is 14.5. The average Bonchev–Trinajstić information content (AvgIpc) is 3.42. The van der Waals surface area contributed by atoms with E-state index in [1.54, 1.807) is 36.9 Å². The van der Waals surface area contributed by atoms with Crippen LogP contribution in [-0.4, -0.2) is 46.5 Å². The van der Waals surface area contributed by atoms with Crippen LogP contribution in [0.5, 0.6) is 11.5 Å². The molecule has 11 heteroatoms. The predicted octanol–water partition coefficient (Wildman–Crippen LogP) is 5.42. The van der Waals surface area contributed by atoms with Crippen molar-refractivity contribution in [1.82, 2.24) is 5.32 Å². The van der Waals surface area contributed by atoms with Gasteiger partial charge in [-0.15, -0.1) is 11.3 Å². The van der Waals surface area contributed by atoms with Gasteiger partial charge in [0.25, 0.3) is 0 Å². The maximum Gasteiger partial charge on any atom is 0.336 e. The Kier molecular flexibility index (Phi) is 8.78. The minimum Gasteiger partial charge on any atom is -0.500 e. The number of carbonyl (C=O) groups is 2. The highest BCUT2D eigenvalue weighted by molar-refractivity contribution is 7.99. The lowest BCUT2D eigenvalue weighted by atomic mass is 9.72. The molecule has 0 saturated carbocycles. The summed E-state index contributed by atoms with van der Waals surface area (Å²) in [5, 5.41) is 27.5. The minimum absolute atomic E-state index is 0.00471. The number of Topliss-reactive ketones (excluding diaryl/α,β-unsaturated/α-hetero) is 1. The van der Waals surface area contributed by atoms with Crippen LogP contribution in [0.25, 0.3) is 0 Å². The van der Waals surface area contributed by atoms with E-state index in [0.717, 1.165) is 10.6 Å². The molecule has 9 nitrogen and oxygen atoms in total. The predicted molar refractivity (Wildman–Crippen MR) is 147 cm³/mol. The van der Waals surface area contributed by atoms with Crippen molar-refractivity contribution in [2.75, 3.05) is 24.7 Å². The van der Waals surface area contributed by atoms with Crippen LogP contribution in [0.1, 0.15) is 55.9 Å². The van der Waals surface area contributed by atoms with Crippen molar-refractivity contribution in [1.29, 1.82) is 0 Å². The molecule has 0 amide bonds. The smallest absolute Gasteiger partial charge is 0.336 e. The maximum atomic E-state index is 13.7. The molecule has 2 N–H and O–H groups in total. The zero-order valence-electron chi connectivity index (χ0n) is 21.4. The summed E-state index contributed by atoms with van der Waals surface area (Å²) in [4.78, 5) is 39.3. The number of esters is 1. The van der Waals surface area contributed by atoms with E-state index in [1.807, 2.05) is 24.4 Å². The second-order valence-corrected chi connectivity index (χ2v) is 11.3. The molecule has 0 spiro atoms. The van der Waals surface area contributed by atoms with E-state index in [4.69, 9.17) is 9.47 Å². The molecule has 0 radical (unpaired) electrons. The molecular formula is C27H30N2O7S2. The highest BCUT2D eigenvalue weighted by Crippen LogP contribution is 2.49. The molecule has 1 aromatic carbocycles. The number of nitrogens with zero attached hydrogens (tertiary/aromatic N) is 1. The number of thiophene rings is 1. The summed E-state index contributed by atoms with van der Waals surface area (Å²) < 4.78 is 11.1. The van der Waals surface area contributed by atoms with Gasteiger partial charge in [-0.1, -0.05) is 13.0 Å². The van der Waals surface area contributed by atoms with Gasteiger partial charge in [-0.25, -0.2) is 4.79 Å². The number of nitro benzene ring substituents is 1. The normalized spacial score (nSPS) is 19.2. The molecule has 2 aromatic rings. The van der Waals surface area contributed by atoms with Gasteiger partial charge in [0.05, 0.1) is 17.1 Å². The summed E-state index contributed by atoms with van der Waals surface area (Å²) in [6, 6.07) is 6.64. The van der Waals surface area contributed by atoms with Crippen molar-refractivity contribution >= 4 is 40.5 Å². The van der Waals surface area contributed by atoms with Crippen molar-refractivity contribution in [3.63, 3.8) is 0 Å². The van der Waals surface area contributed by atoms with Crippen LogP contribution in [0.2, 0.25) is 0 Å². The van der Waals surface area contributed by atoms with Gasteiger partial charge in [0.2, 0.25) is 5.75 Å². The third-order valence-corrected chi connectivity index (χ3v) is 8.46. The third-order valence-electron chi connectivity index (χ3n) is 6.57. The van der Waals surface area contributed by atoms with Gasteiger partial charge < -0.3 is 19.9 Å². The molecule has 0 unspecified atom stereocenters. The number of phenolic OH excluding ortho intramolecular Hbond substituents is 1. The van der Waals surface area contributed by atoms with Crippen LogP contribution in [0.15, 0.2) is 52.2 Å². The van der Waals surface area contributed by atoms with Gasteiger partial charge >= 0.3 is 11.7 Å². The average molecular weight is 559 g/mol. The van der Waals surface area contributed by atoms with E-state index in [-0.39, 0.29) is 42.7 Å². The molecule has 202 valence electrons. The van der Waals surface area contributed by atoms with Crippen molar-refractivity contribution < 1.29 is 29.1 Å². The number of phenols is 1. The summed E-state index contributed by atoms with van der Waals surface area (Å²) in [5.74, 6) is -0.819. The molecule has 0 saturated heterocycles. The van der Waals surface area contributed by atoms with E-state index in [0.29, 0.717) is 34.7 Å². The standard InChI is InChI=1S/C27H30N2O7S2/c1-4-35-21-14-17(12-19(26(21)31)29(33)34)24-23(27(32)36-8-10-37-5-2)15(3)28-18-11-16(13-20(30)25(18)24)22-7-6-9-38-22/h6-7,9,12,14,16,24,28,31H,4-5,8,10-11,13H2,1-3H3/t16-,24-/m1/s1. The van der Waals surface area contributed by atoms with Crippen molar-refractivity contribution in [3.05, 3.63) is 72.7 Å². The van der Waals surface area contributed by atoms with E-state index in [2.05, 4.69) is 5.32 Å². The molecule has 1 aliphatic carbocycles. The fourth-order valence-electron chi connectivity index (χ4n) is 4.97. The number of carbonyl (C=O) groups excluding carboxylic acids is 2. The highest BCUT2D eigenvalue weighted by Gasteiger charge is 2.42. The fourth-order valence-corrected chi connectivity index (χ4v) is 6.29. The van der Waals surface area contributed by atoms with Crippen molar-refractivity contribution in [3.8, 4) is 11.5 Å². The maximum absolute atomic E-state index is 13.7. The molecular weight excluding hydrogens is 528 g/mol. The Hall–Kier alpha value is -3.31. The van der Waals surface area contributed by atoms with Crippen LogP contribution in [-0.2, 0) is 14.3 Å². The van der Waals surface area contributed by atoms with Crippen LogP contribution in [0, 0.1) is 10.1 Å². The first-order chi connectivity index (χ1) is 18.3. The molecule has 1 aromatic heterocycles. The number of dihydropyridines is 1. The Morgan fingerprint density at radius 1 is 1.32 bits per heavy atom. The molecule has 2 aliphatic rings. The summed E-state index contributed by atoms with van der Waals surface area (Å²) in [6.07, 6.45) is 0.813. The van der Waals surface area contributed by atoms with Gasteiger partial charge in [-0.05, 0) is 49.1 Å². The van der Waals surface area contributed by atoms with Gasteiger partial charge in [0.1, 0.15) is 6.61 Å². The first kappa shape index (κ1) is 27.7. The number of hydrogen-bond acceptors (Lipinski definition) is 10. The van der Waals surface area contributed by atoms with Crippen LogP contribution >= 0.6 is 23.1 Å². The topological polar surface area (TPSA) is 128 Å². The zero-order valence-corrected chi connectivity index (χ0v) is 23.1. The van der Waals surface area contributed by atoms with Crippen molar-refractivity contribution in [2.45, 2.75) is 45.4 Å². The van der Waals surface area contributed by atoms with Gasteiger partial charge in [0, 0.05) is 51.9 Å². The van der Waals surface area contributed by atoms with Gasteiger partial charge in [-0.3, -0.25) is 14.9 Å². The fraction of sp³-hybridized carbons (Fsp3) is 0.407. The summed E-state index contributed by atoms with van der Waals surface area (Å²) in [5.41, 5.74) is 1.57. The molecule has 2 heterocycles. The van der Waals surface area contributed by atoms with Crippen LogP contribution < -0.4 is 10.1 Å². The lowest BCUT2D eigenvalue weighted by Crippen LogP contribution is -2.36. The minimum atomic E-state index is -0.909. The summed E-state index contributed by atoms with van der Waals surface area (Å²) in [6.45, 7) is 5.81. The number of nitrogens with one attached hydrogen (secondary N) is 1. The number of hydrogen-bond donors (Lipinski definition) is 2. The number of ketones is 1. The number of allylic oxidation sites excluding steroid dienone is 3. The van der Waals surface area contributed by atoms with Gasteiger partial charge in [0.15, 0.2) is 11.5 Å². The molecule has 1 aliphatic heterocycles. The highest BCUT2D eigenvalue weighted by atomic mass is 32.2. The van der Waals surface area contributed by atoms with E-state index < -0.39 is 28.2 Å². The quantitative estimate of drug-likeness (QED) is 0.170. The number of nitro groups is 1. The monoisotopic (exact) mass is 558 g/mol. The Bertz CT molecular complexity index is 1300. The van der Waals surface area contributed by atoms with Crippen LogP contribution in [0.3, 0.4) is 0 Å². The molecule has 0 bridgehead atoms. The number of aromatic hydroxyl groups is 1. The number of ether oxygens (including phenoxy) is 2. The van der Waals surface area contributed by atoms with Gasteiger partial charge in [-0.2, -0.15) is 11.8 Å². The SMILES string of the molecule is CCOc1cc([C@@H]2C(C(=O)OCCSCC)=C(C)NC3=C2C(=O)C[C@H](c2cccs2)C3)cc([N+](=O)[O-])c1O. The largest absolute Gasteiger partial charge is 0.500 e. The Labute approximate surface area is 229 Å². The van der Waals surface area contributed by atoms with Crippen LogP contribution in [0.4, 0.5) is 5.69 Å². The lowest BCUT2D eigenvalue weighted by molar-refractivity contribution is -0.386. The second kappa shape index (κ2) is 12.0. The van der Waals surface area contributed by atoms with E-state index in [1.165, 1.54) is 12.1 Å². The Balaban J connectivity index is 1.84. The zero-order chi connectivity index (χ0) is 27.4. The summed E-state index contributed by atoms with van der Waals surface area (Å²) in [7, 11) is 0. The lowest BCUT2D eigenvalue weighted by Gasteiger charge is -2.36. The number of rotatable bonds is 10. The Morgan fingerprint density at radius 2 is 2.11 bits per heavy atom. The van der Waals surface area contributed by atoms with E-state index >= 15 is 0 Å². The molecule has 0 fully saturated rings. The third kappa shape index (κ3) is 5.58. The second-order valence-electron chi connectivity index (χ2n) is 8.94. The van der Waals surface area contributed by atoms with E-state index in [9.17, 15) is 24.8 Å². The molecule has 2 atom stereocenters. The molecule has 38 heavy (non-hydrogen) atoms. The Morgan fingerprint density at radius 3 is 2.76 bits per heavy atom. The number of thioether (sulfide) groups is 1. The van der Waals surface area contributed by atoms with Crippen molar-refractivity contribution in [2.24, 2.45) is 0 Å².